The van der Waals surface area contributed by atoms with Crippen molar-refractivity contribution in [2.45, 2.75) is 31.4 Å². The minimum Gasteiger partial charge on any atom is -0.459 e. The second-order valence-electron chi connectivity index (χ2n) is 5.17. The van der Waals surface area contributed by atoms with Crippen molar-refractivity contribution in [1.29, 1.82) is 0 Å². The minimum atomic E-state index is -0.695. The molecule has 3 rings (SSSR count). The first-order valence-corrected chi connectivity index (χ1v) is 7.15. The van der Waals surface area contributed by atoms with Crippen LogP contribution in [-0.4, -0.2) is 47.6 Å². The van der Waals surface area contributed by atoms with Gasteiger partial charge in [0.15, 0.2) is 12.5 Å². The van der Waals surface area contributed by atoms with E-state index in [0.717, 1.165) is 19.4 Å². The molecule has 3 heterocycles. The van der Waals surface area contributed by atoms with Gasteiger partial charge in [0, 0.05) is 6.20 Å². The summed E-state index contributed by atoms with van der Waals surface area (Å²) < 4.78 is 17.4. The fraction of sp³-hybridized carbons (Fsp3) is 0.615. The Morgan fingerprint density at radius 3 is 3.18 bits per heavy atom. The lowest BCUT2D eigenvalue weighted by Crippen LogP contribution is -2.34. The molecular weight excluding hydrogens is 292 g/mol. The molecule has 2 aliphatic heterocycles. The summed E-state index contributed by atoms with van der Waals surface area (Å²) in [5, 5.41) is 3.06. The zero-order chi connectivity index (χ0) is 15.5. The zero-order valence-electron chi connectivity index (χ0n) is 11.9. The van der Waals surface area contributed by atoms with Crippen LogP contribution in [0.1, 0.15) is 19.1 Å². The fourth-order valence-corrected chi connectivity index (χ4v) is 2.46. The first-order valence-electron chi connectivity index (χ1n) is 7.15. The Morgan fingerprint density at radius 2 is 2.45 bits per heavy atom. The second kappa shape index (κ2) is 6.42. The predicted molar refractivity (Wildman–Crippen MR) is 74.8 cm³/mol. The van der Waals surface area contributed by atoms with E-state index in [2.05, 4.69) is 10.3 Å². The summed E-state index contributed by atoms with van der Waals surface area (Å²) in [6, 6.07) is 1.25. The monoisotopic (exact) mass is 310 g/mol. The summed E-state index contributed by atoms with van der Waals surface area (Å²) in [6.07, 6.45) is 1.94. The van der Waals surface area contributed by atoms with Gasteiger partial charge >= 0.3 is 11.7 Å². The van der Waals surface area contributed by atoms with Gasteiger partial charge in [-0.05, 0) is 25.5 Å². The topological polar surface area (TPSA) is 118 Å². The number of nitrogens with zero attached hydrogens (tertiary/aromatic N) is 2. The third kappa shape index (κ3) is 3.26. The van der Waals surface area contributed by atoms with Gasteiger partial charge < -0.3 is 25.3 Å². The van der Waals surface area contributed by atoms with Crippen LogP contribution < -0.4 is 16.7 Å². The first-order chi connectivity index (χ1) is 10.6. The van der Waals surface area contributed by atoms with E-state index in [1.165, 1.54) is 16.8 Å². The number of carbonyl (C=O) groups excluding carboxylic acids is 1. The second-order valence-corrected chi connectivity index (χ2v) is 5.17. The van der Waals surface area contributed by atoms with Gasteiger partial charge in [0.25, 0.3) is 0 Å². The van der Waals surface area contributed by atoms with E-state index in [0.29, 0.717) is 0 Å². The highest BCUT2D eigenvalue weighted by Crippen LogP contribution is 2.20. The molecule has 1 aromatic heterocycles. The molecule has 1 aromatic rings. The van der Waals surface area contributed by atoms with E-state index < -0.39 is 18.2 Å². The molecule has 9 heteroatoms. The highest BCUT2D eigenvalue weighted by Gasteiger charge is 2.30. The van der Waals surface area contributed by atoms with Crippen molar-refractivity contribution >= 4 is 11.8 Å². The molecule has 0 bridgehead atoms. The number of carbonyl (C=O) groups is 1. The Labute approximate surface area is 126 Å². The standard InChI is InChI=1S/C13H18N4O5/c14-9-3-5-17(13(19)16-9)10-6-20-11(22-10)7-21-12(18)8-2-1-4-15-8/h3,5,8,10-11,15H,1-2,4,6-7H2,(H2,14,16,19)/t8?,10-,11-/m1/s1. The molecule has 120 valence electrons. The lowest BCUT2D eigenvalue weighted by molar-refractivity contribution is -0.161. The van der Waals surface area contributed by atoms with Crippen LogP contribution in [-0.2, 0) is 19.0 Å². The average molecular weight is 310 g/mol. The van der Waals surface area contributed by atoms with Crippen molar-refractivity contribution in [2.75, 3.05) is 25.5 Å². The number of nitrogens with two attached hydrogens (primary N) is 1. The molecule has 1 unspecified atom stereocenters. The van der Waals surface area contributed by atoms with Crippen molar-refractivity contribution in [3.63, 3.8) is 0 Å². The van der Waals surface area contributed by atoms with Crippen molar-refractivity contribution in [3.8, 4) is 0 Å². The van der Waals surface area contributed by atoms with E-state index in [1.54, 1.807) is 0 Å². The van der Waals surface area contributed by atoms with Crippen molar-refractivity contribution in [1.82, 2.24) is 14.9 Å². The van der Waals surface area contributed by atoms with E-state index >= 15 is 0 Å². The molecule has 0 spiro atoms. The maximum atomic E-state index is 11.8. The number of aromatic nitrogens is 2. The van der Waals surface area contributed by atoms with Crippen molar-refractivity contribution < 1.29 is 19.0 Å². The van der Waals surface area contributed by atoms with E-state index in [1.807, 2.05) is 0 Å². The molecule has 0 aromatic carbocycles. The molecule has 0 saturated carbocycles. The number of hydrogen-bond acceptors (Lipinski definition) is 8. The first kappa shape index (κ1) is 14.9. The van der Waals surface area contributed by atoms with Crippen LogP contribution in [0.25, 0.3) is 0 Å². The lowest BCUT2D eigenvalue weighted by Gasteiger charge is -2.15. The third-order valence-electron chi connectivity index (χ3n) is 3.60. The summed E-state index contributed by atoms with van der Waals surface area (Å²) in [6.45, 7) is 0.991. The van der Waals surface area contributed by atoms with Gasteiger partial charge in [-0.2, -0.15) is 4.98 Å². The van der Waals surface area contributed by atoms with Gasteiger partial charge in [0.05, 0.1) is 6.61 Å². The predicted octanol–water partition coefficient (Wildman–Crippen LogP) is -1.01. The van der Waals surface area contributed by atoms with Crippen LogP contribution in [0, 0.1) is 0 Å². The average Bonchev–Trinajstić information content (AvgIpc) is 3.16. The number of anilines is 1. The van der Waals surface area contributed by atoms with Gasteiger partial charge in [-0.15, -0.1) is 0 Å². The summed E-state index contributed by atoms with van der Waals surface area (Å²) in [7, 11) is 0. The minimum absolute atomic E-state index is 0.00926. The third-order valence-corrected chi connectivity index (χ3v) is 3.60. The van der Waals surface area contributed by atoms with Gasteiger partial charge in [-0.3, -0.25) is 9.36 Å². The molecule has 9 nitrogen and oxygen atoms in total. The number of hydrogen-bond donors (Lipinski definition) is 2. The molecule has 0 amide bonds. The number of esters is 1. The van der Waals surface area contributed by atoms with Crippen LogP contribution in [0.5, 0.6) is 0 Å². The Kier molecular flexibility index (Phi) is 4.36. The fourth-order valence-electron chi connectivity index (χ4n) is 2.46. The normalized spacial score (nSPS) is 27.9. The SMILES string of the molecule is Nc1ccn([C@H]2CO[C@@H](COC(=O)C3CCCN3)O2)c(=O)n1. The number of nitrogen functional groups attached to an aromatic ring is 1. The molecule has 2 aliphatic rings. The zero-order valence-corrected chi connectivity index (χ0v) is 11.9. The quantitative estimate of drug-likeness (QED) is 0.679. The van der Waals surface area contributed by atoms with Gasteiger partial charge in [0.2, 0.25) is 0 Å². The van der Waals surface area contributed by atoms with Gasteiger partial charge in [-0.1, -0.05) is 0 Å². The van der Waals surface area contributed by atoms with E-state index in [4.69, 9.17) is 19.9 Å². The van der Waals surface area contributed by atoms with Crippen LogP contribution in [0.3, 0.4) is 0 Å². The summed E-state index contributed by atoms with van der Waals surface area (Å²) >= 11 is 0. The van der Waals surface area contributed by atoms with Crippen LogP contribution in [0.2, 0.25) is 0 Å². The molecule has 0 aliphatic carbocycles. The van der Waals surface area contributed by atoms with Crippen LogP contribution >= 0.6 is 0 Å². The molecular formula is C13H18N4O5. The highest BCUT2D eigenvalue weighted by molar-refractivity contribution is 5.76. The largest absolute Gasteiger partial charge is 0.459 e. The number of nitrogens with one attached hydrogen (secondary N) is 1. The van der Waals surface area contributed by atoms with E-state index in [9.17, 15) is 9.59 Å². The highest BCUT2D eigenvalue weighted by atomic mass is 16.7. The molecule has 0 radical (unpaired) electrons. The number of rotatable bonds is 4. The Bertz CT molecular complexity index is 598. The molecule has 22 heavy (non-hydrogen) atoms. The summed E-state index contributed by atoms with van der Waals surface area (Å²) in [5.41, 5.74) is 4.92. The Morgan fingerprint density at radius 1 is 1.59 bits per heavy atom. The molecule has 2 fully saturated rings. The lowest BCUT2D eigenvalue weighted by atomic mass is 10.2. The molecule has 2 saturated heterocycles. The number of ether oxygens (including phenoxy) is 3. The van der Waals surface area contributed by atoms with Gasteiger partial charge in [-0.25, -0.2) is 4.79 Å². The van der Waals surface area contributed by atoms with Crippen molar-refractivity contribution in [2.24, 2.45) is 0 Å². The van der Waals surface area contributed by atoms with E-state index in [-0.39, 0.29) is 31.0 Å². The Hall–Kier alpha value is -1.97. The van der Waals surface area contributed by atoms with Crippen LogP contribution in [0.15, 0.2) is 17.1 Å². The summed E-state index contributed by atoms with van der Waals surface area (Å²) in [5.74, 6) is -0.158. The molecule has 3 N–H and O–H groups in total. The smallest absolute Gasteiger partial charge is 0.351 e. The maximum Gasteiger partial charge on any atom is 0.351 e. The van der Waals surface area contributed by atoms with Crippen molar-refractivity contribution in [3.05, 3.63) is 22.7 Å². The molecule has 3 atom stereocenters. The Balaban J connectivity index is 1.51. The maximum absolute atomic E-state index is 11.8. The van der Waals surface area contributed by atoms with Crippen LogP contribution in [0.4, 0.5) is 5.82 Å². The van der Waals surface area contributed by atoms with Gasteiger partial charge in [0.1, 0.15) is 18.5 Å². The summed E-state index contributed by atoms with van der Waals surface area (Å²) in [4.78, 5) is 27.1.